The lowest BCUT2D eigenvalue weighted by molar-refractivity contribution is 0.0754. The lowest BCUT2D eigenvalue weighted by Crippen LogP contribution is -2.42. The van der Waals surface area contributed by atoms with Gasteiger partial charge in [0.25, 0.3) is 5.91 Å². The van der Waals surface area contributed by atoms with Crippen molar-refractivity contribution in [1.82, 2.24) is 24.7 Å². The number of fused-ring (bicyclic) bond motifs is 1. The van der Waals surface area contributed by atoms with Gasteiger partial charge in [-0.2, -0.15) is 0 Å². The lowest BCUT2D eigenvalue weighted by atomic mass is 9.90. The van der Waals surface area contributed by atoms with E-state index in [4.69, 9.17) is 0 Å². The molecule has 2 atom stereocenters. The second-order valence-electron chi connectivity index (χ2n) is 11.7. The zero-order valence-electron chi connectivity index (χ0n) is 23.5. The molecule has 2 aliphatic heterocycles. The number of benzene rings is 1. The number of carbonyl (C=O) groups is 1. The Hall–Kier alpha value is -2.77. The van der Waals surface area contributed by atoms with E-state index in [2.05, 4.69) is 39.8 Å². The Morgan fingerprint density at radius 3 is 2.68 bits per heavy atom. The second kappa shape index (κ2) is 11.1. The maximum atomic E-state index is 14.4. The van der Waals surface area contributed by atoms with Crippen LogP contribution in [0.4, 0.5) is 4.39 Å². The molecule has 0 radical (unpaired) electrons. The normalized spacial score (nSPS) is 19.9. The molecule has 2 saturated heterocycles. The number of hydrogen-bond acceptors (Lipinski definition) is 4. The molecule has 0 unspecified atom stereocenters. The van der Waals surface area contributed by atoms with Crippen molar-refractivity contribution in [2.75, 3.05) is 33.2 Å². The molecule has 1 N–H and O–H groups in total. The number of pyridine rings is 1. The first-order valence-corrected chi connectivity index (χ1v) is 14.2. The van der Waals surface area contributed by atoms with Gasteiger partial charge in [-0.15, -0.1) is 0 Å². The number of aryl methyl sites for hydroxylation is 1. The van der Waals surface area contributed by atoms with Gasteiger partial charge in [0.15, 0.2) is 0 Å². The van der Waals surface area contributed by atoms with Gasteiger partial charge in [-0.05, 0) is 114 Å². The van der Waals surface area contributed by atoms with Gasteiger partial charge in [0.1, 0.15) is 5.82 Å². The summed E-state index contributed by atoms with van der Waals surface area (Å²) in [5, 5.41) is 4.69. The number of rotatable bonds is 7. The zero-order valence-corrected chi connectivity index (χ0v) is 23.5. The number of nitrogens with zero attached hydrogens (tertiary/aromatic N) is 4. The maximum Gasteiger partial charge on any atom is 0.256 e. The van der Waals surface area contributed by atoms with E-state index in [9.17, 15) is 9.18 Å². The van der Waals surface area contributed by atoms with Gasteiger partial charge >= 0.3 is 0 Å². The van der Waals surface area contributed by atoms with E-state index in [1.165, 1.54) is 42.3 Å². The van der Waals surface area contributed by atoms with Crippen LogP contribution in [-0.4, -0.2) is 70.6 Å². The first-order valence-electron chi connectivity index (χ1n) is 14.2. The van der Waals surface area contributed by atoms with Crippen LogP contribution in [0.25, 0.3) is 16.6 Å². The van der Waals surface area contributed by atoms with Crippen LogP contribution in [0.2, 0.25) is 0 Å². The predicted molar refractivity (Wildman–Crippen MR) is 151 cm³/mol. The third-order valence-electron chi connectivity index (χ3n) is 8.99. The number of nitrogens with one attached hydrogen (secondary N) is 1. The van der Waals surface area contributed by atoms with Crippen LogP contribution in [0, 0.1) is 24.6 Å². The standard InChI is InChI=1S/C31H42FN5O/c1-20(2)35(5)31(38)27-15-26(32)6-7-28(27)37-19-25(30-21(3)16-34-17-29(30)37)14-23-10-13-36(18-23)22(4)24-8-11-33-12-9-24/h6-7,15-17,19-20,22-24,33H,8-14,18H2,1-5H3/t22-,23-/m0/s1. The third-order valence-corrected chi connectivity index (χ3v) is 8.99. The Bertz CT molecular complexity index is 1290. The van der Waals surface area contributed by atoms with Crippen LogP contribution >= 0.6 is 0 Å². The van der Waals surface area contributed by atoms with Gasteiger partial charge < -0.3 is 19.7 Å². The van der Waals surface area contributed by atoms with Crippen molar-refractivity contribution in [3.63, 3.8) is 0 Å². The molecule has 38 heavy (non-hydrogen) atoms. The molecule has 4 heterocycles. The fourth-order valence-electron chi connectivity index (χ4n) is 6.44. The summed E-state index contributed by atoms with van der Waals surface area (Å²) in [5.41, 5.74) is 4.43. The number of hydrogen-bond donors (Lipinski definition) is 1. The van der Waals surface area contributed by atoms with E-state index >= 15 is 0 Å². The molecule has 3 aromatic rings. The van der Waals surface area contributed by atoms with Crippen molar-refractivity contribution in [2.45, 2.75) is 65.5 Å². The van der Waals surface area contributed by atoms with E-state index in [1.54, 1.807) is 18.0 Å². The molecule has 6 nitrogen and oxygen atoms in total. The SMILES string of the molecule is Cc1cncc2c1c(C[C@@H]1CCN([C@@H](C)C3CCNCC3)C1)cn2-c1ccc(F)cc1C(=O)N(C)C(C)C. The van der Waals surface area contributed by atoms with E-state index in [1.807, 2.05) is 26.2 Å². The summed E-state index contributed by atoms with van der Waals surface area (Å²) in [7, 11) is 1.77. The minimum absolute atomic E-state index is 0.0112. The minimum atomic E-state index is -0.408. The highest BCUT2D eigenvalue weighted by molar-refractivity contribution is 5.99. The molecule has 2 aromatic heterocycles. The molecule has 204 valence electrons. The van der Waals surface area contributed by atoms with E-state index < -0.39 is 5.82 Å². The van der Waals surface area contributed by atoms with Gasteiger partial charge in [-0.25, -0.2) is 4.39 Å². The number of piperidine rings is 1. The molecule has 0 saturated carbocycles. The van der Waals surface area contributed by atoms with Crippen LogP contribution in [0.15, 0.2) is 36.8 Å². The van der Waals surface area contributed by atoms with Gasteiger partial charge in [0, 0.05) is 43.5 Å². The fourth-order valence-corrected chi connectivity index (χ4v) is 6.44. The van der Waals surface area contributed by atoms with Gasteiger partial charge in [0.05, 0.1) is 23.0 Å². The number of amides is 1. The summed E-state index contributed by atoms with van der Waals surface area (Å²) in [4.78, 5) is 22.2. The number of carbonyl (C=O) groups excluding carboxylic acids is 1. The highest BCUT2D eigenvalue weighted by atomic mass is 19.1. The summed E-state index contributed by atoms with van der Waals surface area (Å²) in [5.74, 6) is 0.779. The van der Waals surface area contributed by atoms with E-state index in [-0.39, 0.29) is 11.9 Å². The molecule has 0 spiro atoms. The van der Waals surface area contributed by atoms with Crippen LogP contribution in [0.3, 0.4) is 0 Å². The van der Waals surface area contributed by atoms with Crippen molar-refractivity contribution < 1.29 is 9.18 Å². The van der Waals surface area contributed by atoms with Crippen LogP contribution in [0.1, 0.15) is 61.5 Å². The molecular weight excluding hydrogens is 477 g/mol. The molecule has 2 fully saturated rings. The number of halogens is 1. The molecular formula is C31H42FN5O. The highest BCUT2D eigenvalue weighted by Crippen LogP contribution is 2.34. The zero-order chi connectivity index (χ0) is 27.0. The van der Waals surface area contributed by atoms with Crippen molar-refractivity contribution in [3.05, 3.63) is 59.3 Å². The van der Waals surface area contributed by atoms with E-state index in [0.29, 0.717) is 23.2 Å². The molecule has 2 aliphatic rings. The second-order valence-corrected chi connectivity index (χ2v) is 11.7. The van der Waals surface area contributed by atoms with Crippen LogP contribution < -0.4 is 5.32 Å². The number of aromatic nitrogens is 2. The van der Waals surface area contributed by atoms with Crippen LogP contribution in [-0.2, 0) is 6.42 Å². The molecule has 0 bridgehead atoms. The molecule has 7 heteroatoms. The average Bonchev–Trinajstić information content (AvgIpc) is 3.53. The third kappa shape index (κ3) is 5.23. The Kier molecular flexibility index (Phi) is 7.87. The first kappa shape index (κ1) is 26.8. The smallest absolute Gasteiger partial charge is 0.256 e. The van der Waals surface area contributed by atoms with Crippen molar-refractivity contribution >= 4 is 16.8 Å². The Morgan fingerprint density at radius 2 is 1.95 bits per heavy atom. The minimum Gasteiger partial charge on any atom is -0.339 e. The Labute approximate surface area is 226 Å². The lowest BCUT2D eigenvalue weighted by Gasteiger charge is -2.34. The van der Waals surface area contributed by atoms with Gasteiger partial charge in [-0.3, -0.25) is 9.78 Å². The van der Waals surface area contributed by atoms with Gasteiger partial charge in [0.2, 0.25) is 0 Å². The highest BCUT2D eigenvalue weighted by Gasteiger charge is 2.32. The quantitative estimate of drug-likeness (QED) is 0.466. The Balaban J connectivity index is 1.46. The number of likely N-dealkylation sites (tertiary alicyclic amines) is 1. The fraction of sp³-hybridized carbons (Fsp3) is 0.548. The molecule has 0 aliphatic carbocycles. The van der Waals surface area contributed by atoms with Gasteiger partial charge in [-0.1, -0.05) is 0 Å². The monoisotopic (exact) mass is 519 g/mol. The molecule has 1 amide bonds. The summed E-state index contributed by atoms with van der Waals surface area (Å²) in [6.45, 7) is 13.0. The largest absolute Gasteiger partial charge is 0.339 e. The van der Waals surface area contributed by atoms with Crippen molar-refractivity contribution in [3.8, 4) is 5.69 Å². The molecule has 1 aromatic carbocycles. The van der Waals surface area contributed by atoms with Crippen LogP contribution in [0.5, 0.6) is 0 Å². The maximum absolute atomic E-state index is 14.4. The first-order chi connectivity index (χ1) is 18.2. The molecule has 5 rings (SSSR count). The predicted octanol–water partition coefficient (Wildman–Crippen LogP) is 5.21. The van der Waals surface area contributed by atoms with Crippen molar-refractivity contribution in [1.29, 1.82) is 0 Å². The summed E-state index contributed by atoms with van der Waals surface area (Å²) >= 11 is 0. The Morgan fingerprint density at radius 1 is 1.18 bits per heavy atom. The van der Waals surface area contributed by atoms with E-state index in [0.717, 1.165) is 49.6 Å². The average molecular weight is 520 g/mol. The van der Waals surface area contributed by atoms with Crippen molar-refractivity contribution in [2.24, 2.45) is 11.8 Å². The summed E-state index contributed by atoms with van der Waals surface area (Å²) < 4.78 is 16.4. The summed E-state index contributed by atoms with van der Waals surface area (Å²) in [6, 6.07) is 5.16. The topological polar surface area (TPSA) is 53.4 Å². The summed E-state index contributed by atoms with van der Waals surface area (Å²) in [6.07, 6.45) is 10.7.